The smallest absolute Gasteiger partial charge is 0.283 e. The molecule has 0 aliphatic heterocycles. The first kappa shape index (κ1) is 22.2. The van der Waals surface area contributed by atoms with Gasteiger partial charge in [-0.25, -0.2) is 4.98 Å². The fourth-order valence-corrected chi connectivity index (χ4v) is 4.31. The highest BCUT2D eigenvalue weighted by Gasteiger charge is 2.20. The Kier molecular flexibility index (Phi) is 7.20. The lowest BCUT2D eigenvalue weighted by atomic mass is 9.95. The van der Waals surface area contributed by atoms with Crippen molar-refractivity contribution in [1.82, 2.24) is 15.3 Å². The van der Waals surface area contributed by atoms with Crippen LogP contribution in [-0.4, -0.2) is 26.8 Å². The lowest BCUT2D eigenvalue weighted by Crippen LogP contribution is -2.36. The number of carbonyl (C=O) groups excluding carboxylic acids is 1. The average Bonchev–Trinajstić information content (AvgIpc) is 2.72. The lowest BCUT2D eigenvalue weighted by molar-refractivity contribution is -0.387. The van der Waals surface area contributed by atoms with Gasteiger partial charge in [-0.05, 0) is 49.2 Å². The summed E-state index contributed by atoms with van der Waals surface area (Å²) in [6.07, 6.45) is 6.35. The summed E-state index contributed by atoms with van der Waals surface area (Å²) in [7, 11) is 0. The predicted molar refractivity (Wildman–Crippen MR) is 115 cm³/mol. The van der Waals surface area contributed by atoms with Crippen molar-refractivity contribution in [2.45, 2.75) is 55.1 Å². The molecule has 3 rings (SSSR count). The van der Waals surface area contributed by atoms with Crippen LogP contribution in [0.3, 0.4) is 0 Å². The Labute approximate surface area is 182 Å². The zero-order chi connectivity index (χ0) is 22.4. The molecule has 10 heteroatoms. The summed E-state index contributed by atoms with van der Waals surface area (Å²) in [6, 6.07) is 7.63. The zero-order valence-electron chi connectivity index (χ0n) is 16.9. The molecule has 1 aromatic carbocycles. The van der Waals surface area contributed by atoms with Crippen molar-refractivity contribution >= 4 is 29.4 Å². The molecular formula is C21H21N5O4S. The number of nitrogens with zero attached hydrogens (tertiary/aromatic N) is 3. The number of aryl methyl sites for hydroxylation is 1. The summed E-state index contributed by atoms with van der Waals surface area (Å²) < 4.78 is 0. The first-order chi connectivity index (χ1) is 14.9. The molecule has 1 heterocycles. The average molecular weight is 439 g/mol. The van der Waals surface area contributed by atoms with E-state index in [1.165, 1.54) is 24.3 Å². The molecule has 0 unspecified atom stereocenters. The molecule has 2 aromatic rings. The third-order valence-electron chi connectivity index (χ3n) is 4.85. The first-order valence-corrected chi connectivity index (χ1v) is 10.6. The molecule has 0 saturated heterocycles. The van der Waals surface area contributed by atoms with Crippen LogP contribution in [0.4, 0.5) is 5.69 Å². The van der Waals surface area contributed by atoms with Crippen LogP contribution in [0.5, 0.6) is 0 Å². The molecular weight excluding hydrogens is 418 g/mol. The van der Waals surface area contributed by atoms with Crippen LogP contribution in [0, 0.1) is 28.4 Å². The Morgan fingerprint density at radius 3 is 2.74 bits per heavy atom. The van der Waals surface area contributed by atoms with Crippen molar-refractivity contribution in [1.29, 1.82) is 5.26 Å². The zero-order valence-corrected chi connectivity index (χ0v) is 17.7. The number of hydrogen-bond acceptors (Lipinski definition) is 7. The molecule has 1 aliphatic rings. The highest BCUT2D eigenvalue weighted by atomic mass is 32.2. The van der Waals surface area contributed by atoms with Crippen LogP contribution < -0.4 is 10.9 Å². The fourth-order valence-electron chi connectivity index (χ4n) is 3.38. The number of nitriles is 1. The van der Waals surface area contributed by atoms with Crippen LogP contribution in [0.25, 0.3) is 6.08 Å². The number of hydrogen-bond donors (Lipinski definition) is 2. The van der Waals surface area contributed by atoms with Crippen molar-refractivity contribution < 1.29 is 9.72 Å². The molecule has 9 nitrogen and oxygen atoms in total. The molecule has 0 spiro atoms. The van der Waals surface area contributed by atoms with Crippen molar-refractivity contribution in [3.63, 3.8) is 0 Å². The molecule has 2 N–H and O–H groups in total. The highest BCUT2D eigenvalue weighted by molar-refractivity contribution is 7.99. The summed E-state index contributed by atoms with van der Waals surface area (Å²) in [4.78, 5) is 42.1. The summed E-state index contributed by atoms with van der Waals surface area (Å²) in [5.41, 5.74) is 0.186. The Morgan fingerprint density at radius 2 is 2.10 bits per heavy atom. The molecule has 31 heavy (non-hydrogen) atoms. The van der Waals surface area contributed by atoms with E-state index in [1.54, 1.807) is 13.0 Å². The monoisotopic (exact) mass is 439 g/mol. The number of carbonyl (C=O) groups is 1. The van der Waals surface area contributed by atoms with E-state index in [1.807, 2.05) is 6.07 Å². The number of nitro groups is 1. The first-order valence-electron chi connectivity index (χ1n) is 9.82. The van der Waals surface area contributed by atoms with Gasteiger partial charge < -0.3 is 10.3 Å². The van der Waals surface area contributed by atoms with E-state index in [2.05, 4.69) is 15.3 Å². The van der Waals surface area contributed by atoms with Gasteiger partial charge in [-0.3, -0.25) is 19.7 Å². The second-order valence-corrected chi connectivity index (χ2v) is 8.29. The number of aromatic nitrogens is 2. The number of amides is 1. The van der Waals surface area contributed by atoms with Crippen LogP contribution in [-0.2, 0) is 4.79 Å². The standard InChI is InChI=1S/C21H21N5O4S/c1-13-9-19(27)25-21(23-13)31-18-8-7-14(11-17(18)26(29)30)10-15(12-22)20(28)24-16-5-3-2-4-6-16/h7-11,16H,2-6H2,1H3,(H,24,28)(H,23,25,27)/b15-10+. The quantitative estimate of drug-likeness (QED) is 0.231. The van der Waals surface area contributed by atoms with Gasteiger partial charge in [0.2, 0.25) is 0 Å². The second kappa shape index (κ2) is 10.0. The van der Waals surface area contributed by atoms with E-state index in [0.717, 1.165) is 43.9 Å². The number of H-pyrrole nitrogens is 1. The molecule has 1 saturated carbocycles. The molecule has 0 bridgehead atoms. The predicted octanol–water partition coefficient (Wildman–Crippen LogP) is 3.49. The third kappa shape index (κ3) is 6.02. The van der Waals surface area contributed by atoms with Gasteiger partial charge in [0.05, 0.1) is 9.82 Å². The van der Waals surface area contributed by atoms with Crippen molar-refractivity contribution in [2.75, 3.05) is 0 Å². The number of rotatable bonds is 6. The van der Waals surface area contributed by atoms with Crippen LogP contribution in [0.2, 0.25) is 0 Å². The van der Waals surface area contributed by atoms with Gasteiger partial charge in [-0.1, -0.05) is 25.3 Å². The van der Waals surface area contributed by atoms with Crippen molar-refractivity contribution in [3.8, 4) is 6.07 Å². The van der Waals surface area contributed by atoms with E-state index >= 15 is 0 Å². The Bertz CT molecular complexity index is 1130. The highest BCUT2D eigenvalue weighted by Crippen LogP contribution is 2.34. The minimum Gasteiger partial charge on any atom is -0.349 e. The molecule has 1 amide bonds. The molecule has 160 valence electrons. The van der Waals surface area contributed by atoms with Gasteiger partial charge in [0.1, 0.15) is 11.6 Å². The summed E-state index contributed by atoms with van der Waals surface area (Å²) in [5, 5.41) is 24.1. The molecule has 1 aromatic heterocycles. The SMILES string of the molecule is Cc1cc(=O)[nH]c(Sc2ccc(/C=C(\C#N)C(=O)NC3CCCCC3)cc2[N+](=O)[O-])n1. The number of nitrogens with one attached hydrogen (secondary N) is 2. The summed E-state index contributed by atoms with van der Waals surface area (Å²) in [6.45, 7) is 1.66. The third-order valence-corrected chi connectivity index (χ3v) is 5.80. The van der Waals surface area contributed by atoms with Gasteiger partial charge >= 0.3 is 0 Å². The Balaban J connectivity index is 1.84. The second-order valence-electron chi connectivity index (χ2n) is 7.26. The van der Waals surface area contributed by atoms with Gasteiger partial charge in [-0.2, -0.15) is 5.26 Å². The largest absolute Gasteiger partial charge is 0.349 e. The molecule has 0 atom stereocenters. The number of benzene rings is 1. The fraction of sp³-hybridized carbons (Fsp3) is 0.333. The van der Waals surface area contributed by atoms with E-state index in [4.69, 9.17) is 0 Å². The van der Waals surface area contributed by atoms with Crippen molar-refractivity contribution in [3.05, 3.63) is 61.6 Å². The minimum atomic E-state index is -0.554. The van der Waals surface area contributed by atoms with E-state index in [-0.39, 0.29) is 32.9 Å². The topological polar surface area (TPSA) is 142 Å². The maximum absolute atomic E-state index is 12.5. The van der Waals surface area contributed by atoms with Crippen LogP contribution in [0.1, 0.15) is 43.4 Å². The Hall–Kier alpha value is -3.45. The maximum Gasteiger partial charge on any atom is 0.283 e. The molecule has 1 aliphatic carbocycles. The maximum atomic E-state index is 12.5. The summed E-state index contributed by atoms with van der Waals surface area (Å²) in [5.74, 6) is -0.475. The van der Waals surface area contributed by atoms with E-state index in [0.29, 0.717) is 11.3 Å². The minimum absolute atomic E-state index is 0.0510. The van der Waals surface area contributed by atoms with Crippen LogP contribution >= 0.6 is 11.8 Å². The van der Waals surface area contributed by atoms with Gasteiger partial charge in [0, 0.05) is 23.9 Å². The van der Waals surface area contributed by atoms with Crippen LogP contribution in [0.15, 0.2) is 44.7 Å². The molecule has 0 radical (unpaired) electrons. The lowest BCUT2D eigenvalue weighted by Gasteiger charge is -2.22. The van der Waals surface area contributed by atoms with Gasteiger partial charge in [-0.15, -0.1) is 0 Å². The van der Waals surface area contributed by atoms with E-state index in [9.17, 15) is 25.0 Å². The van der Waals surface area contributed by atoms with Gasteiger partial charge in [0.25, 0.3) is 17.2 Å². The molecule has 1 fully saturated rings. The number of aromatic amines is 1. The van der Waals surface area contributed by atoms with E-state index < -0.39 is 10.8 Å². The van der Waals surface area contributed by atoms with Gasteiger partial charge in [0.15, 0.2) is 5.16 Å². The number of nitro benzene ring substituents is 1. The van der Waals surface area contributed by atoms with Crippen molar-refractivity contribution in [2.24, 2.45) is 0 Å². The normalized spacial score (nSPS) is 14.6. The summed E-state index contributed by atoms with van der Waals surface area (Å²) >= 11 is 0.960. The Morgan fingerprint density at radius 1 is 1.35 bits per heavy atom.